The van der Waals surface area contributed by atoms with Crippen LogP contribution in [-0.2, 0) is 14.3 Å². The van der Waals surface area contributed by atoms with Gasteiger partial charge in [-0.1, -0.05) is 68.0 Å². The van der Waals surface area contributed by atoms with Crippen LogP contribution in [0.15, 0.2) is 29.2 Å². The third-order valence-electron chi connectivity index (χ3n) is 4.19. The molecule has 1 unspecified atom stereocenters. The van der Waals surface area contributed by atoms with E-state index in [1.807, 2.05) is 38.1 Å². The molecule has 0 saturated carbocycles. The molecule has 9 heteroatoms. The molecule has 0 spiro atoms. The van der Waals surface area contributed by atoms with Crippen LogP contribution in [-0.4, -0.2) is 62.7 Å². The van der Waals surface area contributed by atoms with Gasteiger partial charge in [-0.05, 0) is 30.7 Å². The smallest absolute Gasteiger partial charge is 0.251 e. The first kappa shape index (κ1) is 30.3. The monoisotopic (exact) mass is 509 g/mol. The van der Waals surface area contributed by atoms with Gasteiger partial charge in [0.05, 0.1) is 19.8 Å². The van der Waals surface area contributed by atoms with Crippen LogP contribution in [0.2, 0.25) is 0 Å². The fraction of sp³-hybridized carbons (Fsp3) is 0.600. The lowest BCUT2D eigenvalue weighted by Gasteiger charge is -2.15. The van der Waals surface area contributed by atoms with Crippen molar-refractivity contribution in [3.8, 4) is 11.8 Å². The largest absolute Gasteiger partial charge is 0.369 e. The van der Waals surface area contributed by atoms with Crippen LogP contribution in [0.4, 0.5) is 0 Å². The maximum atomic E-state index is 12.2. The highest BCUT2D eigenvalue weighted by atomic mass is 33.1. The summed E-state index contributed by atoms with van der Waals surface area (Å²) in [5.74, 6) is 5.93. The number of rotatable bonds is 16. The minimum Gasteiger partial charge on any atom is -0.369 e. The molecule has 0 radical (unpaired) electrons. The first-order valence-electron chi connectivity index (χ1n) is 11.7. The second kappa shape index (κ2) is 18.6. The molecule has 2 amide bonds. The predicted molar refractivity (Wildman–Crippen MR) is 142 cm³/mol. The van der Waals surface area contributed by atoms with Gasteiger partial charge in [0.1, 0.15) is 12.0 Å². The molecule has 0 aromatic heterocycles. The third kappa shape index (κ3) is 15.3. The summed E-state index contributed by atoms with van der Waals surface area (Å²) >= 11 is 0. The Balaban J connectivity index is 2.22. The quantitative estimate of drug-likeness (QED) is 0.136. The van der Waals surface area contributed by atoms with E-state index in [0.717, 1.165) is 17.9 Å². The summed E-state index contributed by atoms with van der Waals surface area (Å²) in [5.41, 5.74) is 0.653. The standard InChI is InChI=1S/C25H39N3O4S2/c1-6-24(32-17-16-31-18-23(29)27-13-7-8-19(2)3)34-33-22-11-9-21(10-12-22)25(30)28-15-14-26-20(4)5/h9-12,19-20,24,26H,6,13-18H2,1-5H3,(H,27,29)(H,28,30). The minimum atomic E-state index is -0.181. The summed E-state index contributed by atoms with van der Waals surface area (Å²) in [7, 11) is 3.24. The van der Waals surface area contributed by atoms with Gasteiger partial charge in [0.25, 0.3) is 5.91 Å². The van der Waals surface area contributed by atoms with Gasteiger partial charge in [0.2, 0.25) is 5.91 Å². The van der Waals surface area contributed by atoms with Crippen LogP contribution in [0.1, 0.15) is 51.4 Å². The number of amides is 2. The van der Waals surface area contributed by atoms with Crippen LogP contribution < -0.4 is 16.0 Å². The van der Waals surface area contributed by atoms with Crippen molar-refractivity contribution < 1.29 is 19.1 Å². The minimum absolute atomic E-state index is 0.000429. The topological polar surface area (TPSA) is 88.7 Å². The molecule has 0 fully saturated rings. The highest BCUT2D eigenvalue weighted by Gasteiger charge is 2.10. The Hall–Kier alpha value is -1.70. The van der Waals surface area contributed by atoms with E-state index >= 15 is 0 Å². The molecule has 7 nitrogen and oxygen atoms in total. The lowest BCUT2D eigenvalue weighted by Crippen LogP contribution is -2.34. The Bertz CT molecular complexity index is 777. The van der Waals surface area contributed by atoms with E-state index in [-0.39, 0.29) is 23.9 Å². The van der Waals surface area contributed by atoms with E-state index in [1.54, 1.807) is 21.6 Å². The van der Waals surface area contributed by atoms with E-state index < -0.39 is 0 Å². The van der Waals surface area contributed by atoms with Gasteiger partial charge in [-0.15, -0.1) is 0 Å². The van der Waals surface area contributed by atoms with E-state index in [4.69, 9.17) is 9.47 Å². The molecule has 1 aromatic rings. The first-order chi connectivity index (χ1) is 16.3. The Morgan fingerprint density at radius 3 is 2.41 bits per heavy atom. The molecule has 1 aromatic carbocycles. The molecule has 0 aliphatic rings. The molecule has 190 valence electrons. The van der Waals surface area contributed by atoms with Crippen molar-refractivity contribution in [2.24, 2.45) is 5.92 Å². The fourth-order valence-electron chi connectivity index (χ4n) is 2.48. The van der Waals surface area contributed by atoms with Crippen LogP contribution in [0, 0.1) is 17.8 Å². The summed E-state index contributed by atoms with van der Waals surface area (Å²) in [6, 6.07) is 7.96. The van der Waals surface area contributed by atoms with Crippen molar-refractivity contribution in [2.75, 3.05) is 39.5 Å². The van der Waals surface area contributed by atoms with Crippen LogP contribution in [0.5, 0.6) is 0 Å². The molecular formula is C25H39N3O4S2. The number of ether oxygens (including phenoxy) is 2. The Morgan fingerprint density at radius 2 is 1.76 bits per heavy atom. The summed E-state index contributed by atoms with van der Waals surface area (Å²) in [6.45, 7) is 12.7. The highest BCUT2D eigenvalue weighted by Crippen LogP contribution is 2.36. The van der Waals surface area contributed by atoms with Gasteiger partial charge in [-0.25, -0.2) is 0 Å². The number of benzene rings is 1. The number of hydrogen-bond donors (Lipinski definition) is 3. The van der Waals surface area contributed by atoms with Gasteiger partial charge in [0.15, 0.2) is 0 Å². The Labute approximate surface area is 212 Å². The maximum absolute atomic E-state index is 12.2. The molecule has 3 N–H and O–H groups in total. The lowest BCUT2D eigenvalue weighted by atomic mass is 10.2. The Morgan fingerprint density at radius 1 is 1.03 bits per heavy atom. The molecule has 0 aliphatic heterocycles. The molecule has 0 bridgehead atoms. The zero-order valence-corrected chi connectivity index (χ0v) is 22.6. The highest BCUT2D eigenvalue weighted by molar-refractivity contribution is 8.76. The van der Waals surface area contributed by atoms with Crippen molar-refractivity contribution >= 4 is 33.4 Å². The first-order valence-corrected chi connectivity index (χ1v) is 13.9. The average Bonchev–Trinajstić information content (AvgIpc) is 2.81. The zero-order valence-electron chi connectivity index (χ0n) is 20.9. The normalized spacial score (nSPS) is 11.7. The lowest BCUT2D eigenvalue weighted by molar-refractivity contribution is -0.126. The summed E-state index contributed by atoms with van der Waals surface area (Å²) in [5, 5.41) is 8.89. The maximum Gasteiger partial charge on any atom is 0.251 e. The number of carbonyl (C=O) groups is 2. The third-order valence-corrected chi connectivity index (χ3v) is 6.95. The van der Waals surface area contributed by atoms with Crippen LogP contribution >= 0.6 is 21.6 Å². The predicted octanol–water partition coefficient (Wildman–Crippen LogP) is 3.70. The van der Waals surface area contributed by atoms with Gasteiger partial charge in [-0.2, -0.15) is 0 Å². The van der Waals surface area contributed by atoms with Gasteiger partial charge in [-0.3, -0.25) is 9.59 Å². The SMILES string of the molecule is CCC(OCCOCC(=O)NCC#CC(C)C)SSc1ccc(C(=O)NCCNC(C)C)cc1. The molecular weight excluding hydrogens is 470 g/mol. The van der Waals surface area contributed by atoms with Crippen molar-refractivity contribution in [1.82, 2.24) is 16.0 Å². The summed E-state index contributed by atoms with van der Waals surface area (Å²) in [4.78, 5) is 24.9. The van der Waals surface area contributed by atoms with Crippen LogP contribution in [0.25, 0.3) is 0 Å². The van der Waals surface area contributed by atoms with Gasteiger partial charge in [0, 0.05) is 35.5 Å². The van der Waals surface area contributed by atoms with Crippen molar-refractivity contribution in [1.29, 1.82) is 0 Å². The zero-order chi connectivity index (χ0) is 25.2. The van der Waals surface area contributed by atoms with Crippen molar-refractivity contribution in [3.05, 3.63) is 29.8 Å². The molecule has 1 rings (SSSR count). The summed E-state index contributed by atoms with van der Waals surface area (Å²) in [6.07, 6.45) is 0.845. The average molecular weight is 510 g/mol. The van der Waals surface area contributed by atoms with E-state index in [9.17, 15) is 9.59 Å². The molecule has 34 heavy (non-hydrogen) atoms. The second-order valence-corrected chi connectivity index (χ2v) is 10.5. The number of carbonyl (C=O) groups excluding carboxylic acids is 2. The molecule has 1 atom stereocenters. The number of hydrogen-bond acceptors (Lipinski definition) is 7. The summed E-state index contributed by atoms with van der Waals surface area (Å²) < 4.78 is 11.2. The van der Waals surface area contributed by atoms with Gasteiger partial charge >= 0.3 is 0 Å². The fourth-order valence-corrected chi connectivity index (χ4v) is 4.79. The van der Waals surface area contributed by atoms with E-state index in [1.165, 1.54) is 0 Å². The second-order valence-electron chi connectivity index (χ2n) is 8.08. The Kier molecular flexibility index (Phi) is 16.6. The van der Waals surface area contributed by atoms with Crippen LogP contribution in [0.3, 0.4) is 0 Å². The molecule has 0 saturated heterocycles. The van der Waals surface area contributed by atoms with E-state index in [0.29, 0.717) is 43.8 Å². The van der Waals surface area contributed by atoms with Gasteiger partial charge < -0.3 is 25.4 Å². The number of nitrogens with one attached hydrogen (secondary N) is 3. The molecule has 0 heterocycles. The molecule has 0 aliphatic carbocycles. The van der Waals surface area contributed by atoms with Crippen molar-refractivity contribution in [3.63, 3.8) is 0 Å². The van der Waals surface area contributed by atoms with E-state index in [2.05, 4.69) is 48.6 Å². The van der Waals surface area contributed by atoms with Crippen molar-refractivity contribution in [2.45, 2.75) is 57.4 Å².